The fraction of sp³-hybridized carbons (Fsp3) is 0.462. The zero-order valence-corrected chi connectivity index (χ0v) is 19.7. The van der Waals surface area contributed by atoms with E-state index >= 15 is 0 Å². The predicted molar refractivity (Wildman–Crippen MR) is 128 cm³/mol. The number of aryl methyl sites for hydroxylation is 1. The van der Waals surface area contributed by atoms with Gasteiger partial charge in [0.15, 0.2) is 5.41 Å². The zero-order valence-electron chi connectivity index (χ0n) is 18.9. The summed E-state index contributed by atoms with van der Waals surface area (Å²) >= 11 is 0. The number of carbonyl (C=O) groups is 2. The maximum Gasteiger partial charge on any atom is 0.321 e. The highest BCUT2D eigenvalue weighted by Gasteiger charge is 2.52. The van der Waals surface area contributed by atoms with E-state index in [1.54, 1.807) is 6.07 Å². The number of halogens is 2. The van der Waals surface area contributed by atoms with E-state index in [2.05, 4.69) is 24.4 Å². The van der Waals surface area contributed by atoms with Gasteiger partial charge in [-0.3, -0.25) is 9.59 Å². The number of unbranched alkanes of at least 4 members (excludes halogenated alkanes) is 3. The molecule has 33 heavy (non-hydrogen) atoms. The van der Waals surface area contributed by atoms with E-state index in [4.69, 9.17) is 0 Å². The second kappa shape index (κ2) is 12.1. The Hall–Kier alpha value is -2.44. The van der Waals surface area contributed by atoms with Gasteiger partial charge in [-0.2, -0.15) is 0 Å². The first-order valence-corrected chi connectivity index (χ1v) is 11.4. The molecule has 0 spiro atoms. The van der Waals surface area contributed by atoms with Crippen LogP contribution in [0, 0.1) is 11.2 Å². The lowest BCUT2D eigenvalue weighted by atomic mass is 9.86. The van der Waals surface area contributed by atoms with Gasteiger partial charge in [0.25, 0.3) is 0 Å². The van der Waals surface area contributed by atoms with Gasteiger partial charge in [0.2, 0.25) is 0 Å². The molecule has 0 amide bonds. The highest BCUT2D eigenvalue weighted by Crippen LogP contribution is 2.40. The minimum Gasteiger partial charge on any atom is -0.480 e. The van der Waals surface area contributed by atoms with E-state index in [1.165, 1.54) is 37.0 Å². The predicted octanol–water partition coefficient (Wildman–Crippen LogP) is 5.76. The Labute approximate surface area is 200 Å². The van der Waals surface area contributed by atoms with Crippen LogP contribution in [0.15, 0.2) is 48.5 Å². The Morgan fingerprint density at radius 2 is 1.76 bits per heavy atom. The number of benzene rings is 2. The van der Waals surface area contributed by atoms with Gasteiger partial charge in [-0.25, -0.2) is 4.39 Å². The van der Waals surface area contributed by atoms with Crippen molar-refractivity contribution in [3.8, 4) is 0 Å². The topological polar surface area (TPSA) is 86.6 Å². The first-order valence-electron chi connectivity index (χ1n) is 11.4. The summed E-state index contributed by atoms with van der Waals surface area (Å²) in [6, 6.07) is 13.9. The monoisotopic (exact) mass is 477 g/mol. The molecule has 3 N–H and O–H groups in total. The van der Waals surface area contributed by atoms with Gasteiger partial charge in [0.05, 0.1) is 6.04 Å². The van der Waals surface area contributed by atoms with Crippen LogP contribution in [-0.2, 0) is 16.0 Å². The van der Waals surface area contributed by atoms with Crippen LogP contribution >= 0.6 is 12.4 Å². The number of hydrogen-bond acceptors (Lipinski definition) is 3. The first kappa shape index (κ1) is 26.8. The maximum absolute atomic E-state index is 14.0. The summed E-state index contributed by atoms with van der Waals surface area (Å²) in [7, 11) is 0. The van der Waals surface area contributed by atoms with Crippen molar-refractivity contribution in [1.29, 1.82) is 0 Å². The largest absolute Gasteiger partial charge is 0.480 e. The molecule has 0 aromatic heterocycles. The molecular weight excluding hydrogens is 445 g/mol. The van der Waals surface area contributed by atoms with E-state index in [1.807, 2.05) is 18.2 Å². The van der Waals surface area contributed by atoms with Gasteiger partial charge in [-0.1, -0.05) is 62.6 Å². The number of rotatable bonds is 11. The van der Waals surface area contributed by atoms with Gasteiger partial charge in [0.1, 0.15) is 5.82 Å². The van der Waals surface area contributed by atoms with Gasteiger partial charge in [-0.15, -0.1) is 12.4 Å². The maximum atomic E-state index is 14.0. The van der Waals surface area contributed by atoms with E-state index < -0.39 is 17.4 Å². The molecule has 0 radical (unpaired) electrons. The van der Waals surface area contributed by atoms with Crippen molar-refractivity contribution < 1.29 is 24.2 Å². The van der Waals surface area contributed by atoms with Crippen LogP contribution < -0.4 is 5.32 Å². The third-order valence-corrected chi connectivity index (χ3v) is 6.55. The van der Waals surface area contributed by atoms with E-state index in [0.717, 1.165) is 24.0 Å². The summed E-state index contributed by atoms with van der Waals surface area (Å²) in [6.45, 7) is 2.19. The summed E-state index contributed by atoms with van der Waals surface area (Å²) < 4.78 is 14.0. The molecule has 1 aliphatic carbocycles. The zero-order chi connectivity index (χ0) is 23.1. The normalized spacial score (nSPS) is 17.8. The first-order chi connectivity index (χ1) is 15.4. The minimum absolute atomic E-state index is 0. The lowest BCUT2D eigenvalue weighted by molar-refractivity contribution is -0.164. The SMILES string of the molecule is CCCCCCc1ccc(C(NC2CCC(C(=O)O)(C(=O)O)C2)c2cccc(F)c2)cc1.Cl. The standard InChI is InChI=1S/C26H32FNO4.ClH/c1-2-3-4-5-7-18-10-12-19(13-11-18)23(20-8-6-9-21(27)16-20)28-22-14-15-26(17-22,24(29)30)25(31)32;/h6,8-13,16,22-23,28H,2-5,7,14-15,17H2,1H3,(H,29,30)(H,31,32);1H. The Morgan fingerprint density at radius 1 is 1.06 bits per heavy atom. The highest BCUT2D eigenvalue weighted by molar-refractivity contribution is 5.98. The summed E-state index contributed by atoms with van der Waals surface area (Å²) in [5, 5.41) is 22.5. The smallest absolute Gasteiger partial charge is 0.321 e. The molecule has 0 heterocycles. The highest BCUT2D eigenvalue weighted by atomic mass is 35.5. The molecule has 2 aromatic carbocycles. The average molecular weight is 478 g/mol. The Bertz CT molecular complexity index is 920. The lowest BCUT2D eigenvalue weighted by Gasteiger charge is -2.25. The fourth-order valence-corrected chi connectivity index (χ4v) is 4.61. The third kappa shape index (κ3) is 6.55. The number of carboxylic acid groups (broad SMARTS) is 2. The van der Waals surface area contributed by atoms with Crippen molar-refractivity contribution in [3.05, 3.63) is 71.0 Å². The Kier molecular flexibility index (Phi) is 9.87. The van der Waals surface area contributed by atoms with E-state index in [9.17, 15) is 24.2 Å². The van der Waals surface area contributed by atoms with Crippen LogP contribution in [0.4, 0.5) is 4.39 Å². The van der Waals surface area contributed by atoms with Crippen molar-refractivity contribution >= 4 is 24.3 Å². The van der Waals surface area contributed by atoms with Gasteiger partial charge in [0, 0.05) is 6.04 Å². The van der Waals surface area contributed by atoms with E-state index in [0.29, 0.717) is 6.42 Å². The third-order valence-electron chi connectivity index (χ3n) is 6.55. The van der Waals surface area contributed by atoms with Crippen molar-refractivity contribution in [2.24, 2.45) is 5.41 Å². The Morgan fingerprint density at radius 3 is 2.33 bits per heavy atom. The van der Waals surface area contributed by atoms with Gasteiger partial charge < -0.3 is 15.5 Å². The van der Waals surface area contributed by atoms with Gasteiger partial charge in [-0.05, 0) is 60.9 Å². The van der Waals surface area contributed by atoms with Crippen molar-refractivity contribution in [2.75, 3.05) is 0 Å². The van der Waals surface area contributed by atoms with Crippen LogP contribution in [0.2, 0.25) is 0 Å². The molecule has 0 aliphatic heterocycles. The molecule has 180 valence electrons. The molecule has 1 saturated carbocycles. The Balaban J connectivity index is 0.00000385. The summed E-state index contributed by atoms with van der Waals surface area (Å²) in [5.41, 5.74) is 1.14. The van der Waals surface area contributed by atoms with Crippen LogP contribution in [0.3, 0.4) is 0 Å². The molecule has 0 bridgehead atoms. The molecule has 0 saturated heterocycles. The van der Waals surface area contributed by atoms with Crippen molar-refractivity contribution in [2.45, 2.75) is 70.4 Å². The summed E-state index contributed by atoms with van der Waals surface area (Å²) in [6.07, 6.45) is 6.31. The van der Waals surface area contributed by atoms with Crippen molar-refractivity contribution in [1.82, 2.24) is 5.32 Å². The lowest BCUT2D eigenvalue weighted by Crippen LogP contribution is -2.40. The summed E-state index contributed by atoms with van der Waals surface area (Å²) in [5.74, 6) is -2.95. The summed E-state index contributed by atoms with van der Waals surface area (Å²) in [4.78, 5) is 23.4. The molecule has 2 aromatic rings. The van der Waals surface area contributed by atoms with Gasteiger partial charge >= 0.3 is 11.9 Å². The molecule has 7 heteroatoms. The van der Waals surface area contributed by atoms with Crippen LogP contribution in [0.1, 0.15) is 74.6 Å². The average Bonchev–Trinajstić information content (AvgIpc) is 3.21. The van der Waals surface area contributed by atoms with Crippen LogP contribution in [0.25, 0.3) is 0 Å². The quantitative estimate of drug-likeness (QED) is 0.283. The van der Waals surface area contributed by atoms with E-state index in [-0.39, 0.29) is 43.1 Å². The molecule has 2 unspecified atom stereocenters. The molecule has 5 nitrogen and oxygen atoms in total. The number of carboxylic acids is 2. The fourth-order valence-electron chi connectivity index (χ4n) is 4.61. The number of nitrogens with one attached hydrogen (secondary N) is 1. The van der Waals surface area contributed by atoms with Crippen LogP contribution in [-0.4, -0.2) is 28.2 Å². The molecule has 2 atom stereocenters. The minimum atomic E-state index is -1.77. The molecule has 1 aliphatic rings. The van der Waals surface area contributed by atoms with Crippen LogP contribution in [0.5, 0.6) is 0 Å². The molecule has 3 rings (SSSR count). The number of hydrogen-bond donors (Lipinski definition) is 3. The second-order valence-corrected chi connectivity index (χ2v) is 8.84. The molecule has 1 fully saturated rings. The molecular formula is C26H33ClFNO4. The number of aliphatic carboxylic acids is 2. The second-order valence-electron chi connectivity index (χ2n) is 8.84. The van der Waals surface area contributed by atoms with Crippen molar-refractivity contribution in [3.63, 3.8) is 0 Å².